The van der Waals surface area contributed by atoms with E-state index >= 15 is 0 Å². The Morgan fingerprint density at radius 2 is 1.76 bits per heavy atom. The highest BCUT2D eigenvalue weighted by molar-refractivity contribution is 6.30. The van der Waals surface area contributed by atoms with Crippen LogP contribution in [0.1, 0.15) is 23.6 Å². The number of nitro benzene ring substituents is 1. The molecule has 0 saturated carbocycles. The first-order valence-corrected chi connectivity index (χ1v) is 10.7. The van der Waals surface area contributed by atoms with Gasteiger partial charge < -0.3 is 14.2 Å². The van der Waals surface area contributed by atoms with Crippen LogP contribution in [0.2, 0.25) is 5.02 Å². The van der Waals surface area contributed by atoms with Gasteiger partial charge in [-0.3, -0.25) is 10.1 Å². The summed E-state index contributed by atoms with van der Waals surface area (Å²) in [6.45, 7) is 2.64. The fourth-order valence-corrected chi connectivity index (χ4v) is 3.29. The van der Waals surface area contributed by atoms with Crippen molar-refractivity contribution < 1.29 is 23.9 Å². The molecule has 34 heavy (non-hydrogen) atoms. The number of non-ortho nitro benzene ring substituents is 1. The van der Waals surface area contributed by atoms with Crippen LogP contribution in [0.4, 0.5) is 5.69 Å². The molecule has 4 rings (SSSR count). The maximum absolute atomic E-state index is 12.3. The third-order valence-electron chi connectivity index (χ3n) is 4.82. The number of hydrogen-bond acceptors (Lipinski definition) is 7. The molecule has 0 spiro atoms. The summed E-state index contributed by atoms with van der Waals surface area (Å²) in [7, 11) is 0. The van der Waals surface area contributed by atoms with Gasteiger partial charge in [0.05, 0.1) is 11.5 Å². The molecule has 0 bridgehead atoms. The van der Waals surface area contributed by atoms with Gasteiger partial charge >= 0.3 is 5.97 Å². The summed E-state index contributed by atoms with van der Waals surface area (Å²) < 4.78 is 16.9. The molecular formula is C25H19ClN2O6. The van der Waals surface area contributed by atoms with Gasteiger partial charge in [0.1, 0.15) is 6.61 Å². The summed E-state index contributed by atoms with van der Waals surface area (Å²) in [6.07, 6.45) is 1.58. The van der Waals surface area contributed by atoms with Gasteiger partial charge in [-0.25, -0.2) is 9.79 Å². The van der Waals surface area contributed by atoms with Crippen molar-refractivity contribution in [2.75, 3.05) is 6.61 Å². The molecule has 1 aliphatic rings. The van der Waals surface area contributed by atoms with E-state index < -0.39 is 10.9 Å². The standard InChI is InChI=1S/C25H19ClN2O6/c1-2-32-23-14-17(5-12-22(23)33-15-16-3-8-19(26)9-4-16)13-21-25(29)34-24(27-21)18-6-10-20(11-7-18)28(30)31/h3-14H,2,15H2,1H3/b21-13-. The summed E-state index contributed by atoms with van der Waals surface area (Å²) in [5, 5.41) is 11.5. The lowest BCUT2D eigenvalue weighted by atomic mass is 10.1. The summed E-state index contributed by atoms with van der Waals surface area (Å²) in [6, 6.07) is 18.3. The van der Waals surface area contributed by atoms with Gasteiger partial charge in [-0.15, -0.1) is 0 Å². The van der Waals surface area contributed by atoms with Crippen molar-refractivity contribution in [3.8, 4) is 11.5 Å². The Balaban J connectivity index is 1.54. The molecule has 0 unspecified atom stereocenters. The van der Waals surface area contributed by atoms with Crippen LogP contribution in [0.3, 0.4) is 0 Å². The number of halogens is 1. The third kappa shape index (κ3) is 5.41. The topological polar surface area (TPSA) is 100 Å². The van der Waals surface area contributed by atoms with Gasteiger partial charge in [-0.05, 0) is 60.5 Å². The third-order valence-corrected chi connectivity index (χ3v) is 5.08. The molecule has 8 nitrogen and oxygen atoms in total. The smallest absolute Gasteiger partial charge is 0.363 e. The number of aliphatic imine (C=N–C) groups is 1. The second-order valence-electron chi connectivity index (χ2n) is 7.19. The lowest BCUT2D eigenvalue weighted by Crippen LogP contribution is -2.05. The number of rotatable bonds is 8. The number of nitro groups is 1. The van der Waals surface area contributed by atoms with E-state index in [0.29, 0.717) is 40.9 Å². The predicted molar refractivity (Wildman–Crippen MR) is 127 cm³/mol. The number of benzene rings is 3. The second kappa shape index (κ2) is 10.2. The zero-order valence-corrected chi connectivity index (χ0v) is 18.8. The van der Waals surface area contributed by atoms with Gasteiger partial charge in [0.15, 0.2) is 17.2 Å². The van der Waals surface area contributed by atoms with Crippen LogP contribution in [-0.4, -0.2) is 23.4 Å². The quantitative estimate of drug-likeness (QED) is 0.181. The molecule has 0 atom stereocenters. The summed E-state index contributed by atoms with van der Waals surface area (Å²) in [5.41, 5.74) is 2.13. The fraction of sp³-hybridized carbons (Fsp3) is 0.120. The molecule has 1 aliphatic heterocycles. The molecule has 0 N–H and O–H groups in total. The van der Waals surface area contributed by atoms with Gasteiger partial charge in [0.2, 0.25) is 5.90 Å². The van der Waals surface area contributed by atoms with E-state index in [1.807, 2.05) is 19.1 Å². The zero-order valence-electron chi connectivity index (χ0n) is 18.1. The minimum absolute atomic E-state index is 0.0636. The molecule has 0 fully saturated rings. The molecule has 3 aromatic rings. The molecule has 172 valence electrons. The Morgan fingerprint density at radius 3 is 2.44 bits per heavy atom. The van der Waals surface area contributed by atoms with E-state index in [4.69, 9.17) is 25.8 Å². The Kier molecular flexibility index (Phi) is 6.89. The maximum atomic E-state index is 12.3. The first-order valence-electron chi connectivity index (χ1n) is 10.3. The Labute approximate surface area is 200 Å². The summed E-state index contributed by atoms with van der Waals surface area (Å²) in [5.74, 6) is 0.549. The van der Waals surface area contributed by atoms with Gasteiger partial charge in [0.25, 0.3) is 5.69 Å². The predicted octanol–water partition coefficient (Wildman–Crippen LogP) is 5.57. The molecule has 9 heteroatoms. The number of esters is 1. The van der Waals surface area contributed by atoms with Crippen molar-refractivity contribution in [3.05, 3.63) is 104 Å². The van der Waals surface area contributed by atoms with Gasteiger partial charge in [0, 0.05) is 22.7 Å². The van der Waals surface area contributed by atoms with E-state index in [1.165, 1.54) is 24.3 Å². The number of carbonyl (C=O) groups is 1. The van der Waals surface area contributed by atoms with Crippen LogP contribution >= 0.6 is 11.6 Å². The zero-order chi connectivity index (χ0) is 24.1. The molecule has 0 radical (unpaired) electrons. The van der Waals surface area contributed by atoms with E-state index in [-0.39, 0.29) is 17.3 Å². The van der Waals surface area contributed by atoms with Crippen molar-refractivity contribution in [3.63, 3.8) is 0 Å². The minimum atomic E-state index is -0.616. The Hall–Kier alpha value is -4.17. The highest BCUT2D eigenvalue weighted by Crippen LogP contribution is 2.31. The van der Waals surface area contributed by atoms with Crippen LogP contribution in [0.5, 0.6) is 11.5 Å². The van der Waals surface area contributed by atoms with E-state index in [9.17, 15) is 14.9 Å². The van der Waals surface area contributed by atoms with Crippen LogP contribution in [0.25, 0.3) is 6.08 Å². The number of hydrogen-bond donors (Lipinski definition) is 0. The first-order chi connectivity index (χ1) is 16.4. The minimum Gasteiger partial charge on any atom is -0.490 e. The summed E-state index contributed by atoms with van der Waals surface area (Å²) >= 11 is 5.92. The monoisotopic (exact) mass is 478 g/mol. The van der Waals surface area contributed by atoms with Crippen molar-refractivity contribution in [2.24, 2.45) is 4.99 Å². The van der Waals surface area contributed by atoms with E-state index in [1.54, 1.807) is 36.4 Å². The normalized spacial score (nSPS) is 14.0. The van der Waals surface area contributed by atoms with Crippen LogP contribution in [0.15, 0.2) is 77.4 Å². The number of ether oxygens (including phenoxy) is 3. The largest absolute Gasteiger partial charge is 0.490 e. The average Bonchev–Trinajstić information content (AvgIpc) is 3.20. The molecule has 0 aromatic heterocycles. The number of cyclic esters (lactones) is 1. The molecule has 1 heterocycles. The Morgan fingerprint density at radius 1 is 1.03 bits per heavy atom. The molecule has 0 aliphatic carbocycles. The van der Waals surface area contributed by atoms with E-state index in [0.717, 1.165) is 5.56 Å². The number of carbonyl (C=O) groups excluding carboxylic acids is 1. The van der Waals surface area contributed by atoms with E-state index in [2.05, 4.69) is 4.99 Å². The summed E-state index contributed by atoms with van der Waals surface area (Å²) in [4.78, 5) is 26.9. The van der Waals surface area contributed by atoms with Crippen molar-refractivity contribution in [2.45, 2.75) is 13.5 Å². The average molecular weight is 479 g/mol. The molecule has 0 amide bonds. The lowest BCUT2D eigenvalue weighted by Gasteiger charge is -2.13. The van der Waals surface area contributed by atoms with Gasteiger partial charge in [-0.1, -0.05) is 29.8 Å². The molecular weight excluding hydrogens is 460 g/mol. The Bertz CT molecular complexity index is 1280. The van der Waals surface area contributed by atoms with Crippen LogP contribution in [-0.2, 0) is 16.1 Å². The van der Waals surface area contributed by atoms with Crippen molar-refractivity contribution in [1.82, 2.24) is 0 Å². The van der Waals surface area contributed by atoms with Crippen LogP contribution < -0.4 is 9.47 Å². The molecule has 3 aromatic carbocycles. The highest BCUT2D eigenvalue weighted by Gasteiger charge is 2.24. The fourth-order valence-electron chi connectivity index (χ4n) is 3.16. The number of nitrogens with zero attached hydrogens (tertiary/aromatic N) is 2. The molecule has 0 saturated heterocycles. The van der Waals surface area contributed by atoms with Crippen molar-refractivity contribution >= 4 is 35.2 Å². The van der Waals surface area contributed by atoms with Gasteiger partial charge in [-0.2, -0.15) is 0 Å². The van der Waals surface area contributed by atoms with Crippen LogP contribution in [0, 0.1) is 10.1 Å². The van der Waals surface area contributed by atoms with Crippen molar-refractivity contribution in [1.29, 1.82) is 0 Å². The SMILES string of the molecule is CCOc1cc(/C=C2\N=C(c3ccc([N+](=O)[O-])cc3)OC2=O)ccc1OCc1ccc(Cl)cc1. The second-order valence-corrected chi connectivity index (χ2v) is 7.63. The highest BCUT2D eigenvalue weighted by atomic mass is 35.5. The first kappa shape index (κ1) is 23.0. The maximum Gasteiger partial charge on any atom is 0.363 e. The lowest BCUT2D eigenvalue weighted by molar-refractivity contribution is -0.384.